The lowest BCUT2D eigenvalue weighted by Gasteiger charge is -2.31. The van der Waals surface area contributed by atoms with Crippen LogP contribution in [0.3, 0.4) is 0 Å². The van der Waals surface area contributed by atoms with Gasteiger partial charge in [-0.1, -0.05) is 39.8 Å². The maximum Gasteiger partial charge on any atom is 0.138 e. The van der Waals surface area contributed by atoms with E-state index in [0.29, 0.717) is 5.04 Å². The first kappa shape index (κ1) is 13.5. The van der Waals surface area contributed by atoms with E-state index in [1.807, 2.05) is 13.0 Å². The predicted octanol–water partition coefficient (Wildman–Crippen LogP) is 2.98. The number of hydrogen-bond donors (Lipinski definition) is 1. The molecule has 1 nitrogen and oxygen atoms in total. The second kappa shape index (κ2) is 4.81. The molecule has 0 saturated heterocycles. The van der Waals surface area contributed by atoms with Crippen LogP contribution in [0.4, 0.5) is 0 Å². The first-order valence-corrected chi connectivity index (χ1v) is 8.00. The first-order chi connectivity index (χ1) is 6.20. The van der Waals surface area contributed by atoms with Gasteiger partial charge in [0.1, 0.15) is 8.07 Å². The Morgan fingerprint density at radius 2 is 1.86 bits per heavy atom. The third-order valence-electron chi connectivity index (χ3n) is 2.83. The van der Waals surface area contributed by atoms with Crippen LogP contribution in [0.15, 0.2) is 11.6 Å². The fourth-order valence-corrected chi connectivity index (χ4v) is 1.38. The Kier molecular flexibility index (Phi) is 4.63. The molecule has 14 heavy (non-hydrogen) atoms. The van der Waals surface area contributed by atoms with Crippen LogP contribution in [0.2, 0.25) is 18.1 Å². The number of rotatable bonds is 1. The van der Waals surface area contributed by atoms with Crippen molar-refractivity contribution >= 4 is 8.07 Å². The van der Waals surface area contributed by atoms with Gasteiger partial charge >= 0.3 is 0 Å². The first-order valence-electron chi connectivity index (χ1n) is 5.00. The zero-order valence-corrected chi connectivity index (χ0v) is 11.2. The van der Waals surface area contributed by atoms with E-state index < -0.39 is 8.07 Å². The Morgan fingerprint density at radius 1 is 1.36 bits per heavy atom. The summed E-state index contributed by atoms with van der Waals surface area (Å²) >= 11 is 0. The summed E-state index contributed by atoms with van der Waals surface area (Å²) in [7, 11) is -1.47. The van der Waals surface area contributed by atoms with Gasteiger partial charge in [-0.05, 0) is 23.6 Å². The molecule has 0 radical (unpaired) electrons. The normalized spacial score (nSPS) is 13.5. The van der Waals surface area contributed by atoms with Gasteiger partial charge in [-0.25, -0.2) is 0 Å². The zero-order valence-electron chi connectivity index (χ0n) is 10.2. The molecule has 0 aliphatic carbocycles. The minimum absolute atomic E-state index is 0.103. The molecule has 0 spiro atoms. The molecule has 0 amide bonds. The van der Waals surface area contributed by atoms with Crippen molar-refractivity contribution < 1.29 is 5.11 Å². The van der Waals surface area contributed by atoms with E-state index in [1.165, 1.54) is 0 Å². The molecule has 0 aromatic carbocycles. The lowest BCUT2D eigenvalue weighted by Crippen LogP contribution is -2.35. The predicted molar refractivity (Wildman–Crippen MR) is 65.8 cm³/mol. The van der Waals surface area contributed by atoms with Crippen molar-refractivity contribution in [3.05, 3.63) is 11.6 Å². The number of hydrogen-bond acceptors (Lipinski definition) is 1. The number of aliphatic hydroxyl groups is 1. The lowest BCUT2D eigenvalue weighted by molar-refractivity contribution is 0.331. The highest BCUT2D eigenvalue weighted by Gasteiger charge is 2.33. The van der Waals surface area contributed by atoms with Crippen molar-refractivity contribution in [3.8, 4) is 11.5 Å². The molecule has 0 aromatic heterocycles. The summed E-state index contributed by atoms with van der Waals surface area (Å²) in [5.74, 6) is 3.07. The number of allylic oxidation sites excluding steroid dienone is 1. The molecule has 0 unspecified atom stereocenters. The van der Waals surface area contributed by atoms with Crippen LogP contribution >= 0.6 is 0 Å². The molecule has 0 rings (SSSR count). The van der Waals surface area contributed by atoms with E-state index in [-0.39, 0.29) is 6.61 Å². The van der Waals surface area contributed by atoms with Gasteiger partial charge in [0.2, 0.25) is 0 Å². The van der Waals surface area contributed by atoms with Crippen LogP contribution < -0.4 is 0 Å². The van der Waals surface area contributed by atoms with Gasteiger partial charge in [0.05, 0.1) is 6.61 Å². The summed E-state index contributed by atoms with van der Waals surface area (Å²) in [4.78, 5) is 0. The van der Waals surface area contributed by atoms with Crippen molar-refractivity contribution in [2.45, 2.75) is 45.8 Å². The largest absolute Gasteiger partial charge is 0.392 e. The third-order valence-corrected chi connectivity index (χ3v) is 7.35. The Bertz CT molecular complexity index is 271. The van der Waals surface area contributed by atoms with Gasteiger partial charge in [0, 0.05) is 0 Å². The molecule has 80 valence electrons. The van der Waals surface area contributed by atoms with Crippen molar-refractivity contribution in [2.24, 2.45) is 0 Å². The summed E-state index contributed by atoms with van der Waals surface area (Å²) in [5, 5.41) is 9.11. The molecule has 0 aromatic rings. The molecule has 0 atom stereocenters. The average Bonchev–Trinajstić information content (AvgIpc) is 2.01. The van der Waals surface area contributed by atoms with Crippen LogP contribution in [0.25, 0.3) is 0 Å². The van der Waals surface area contributed by atoms with Crippen LogP contribution in [0, 0.1) is 11.5 Å². The second-order valence-electron chi connectivity index (χ2n) is 5.29. The maximum absolute atomic E-state index is 8.80. The lowest BCUT2D eigenvalue weighted by atomic mass is 10.2. The van der Waals surface area contributed by atoms with Gasteiger partial charge in [-0.3, -0.25) is 0 Å². The minimum atomic E-state index is -1.47. The van der Waals surface area contributed by atoms with E-state index in [0.717, 1.165) is 5.57 Å². The Labute approximate surface area is 89.2 Å². The van der Waals surface area contributed by atoms with Crippen molar-refractivity contribution in [2.75, 3.05) is 6.61 Å². The van der Waals surface area contributed by atoms with Gasteiger partial charge in [-0.2, -0.15) is 0 Å². The van der Waals surface area contributed by atoms with E-state index in [4.69, 9.17) is 5.11 Å². The highest BCUT2D eigenvalue weighted by Crippen LogP contribution is 2.34. The summed E-state index contributed by atoms with van der Waals surface area (Å²) in [6.45, 7) is 13.3. The quantitative estimate of drug-likeness (QED) is 0.521. The Hall–Kier alpha value is -0.523. The maximum atomic E-state index is 8.80. The molecule has 0 saturated carbocycles. The van der Waals surface area contributed by atoms with E-state index in [1.54, 1.807) is 0 Å². The van der Waals surface area contributed by atoms with E-state index in [9.17, 15) is 0 Å². The smallest absolute Gasteiger partial charge is 0.138 e. The zero-order chi connectivity index (χ0) is 11.4. The monoisotopic (exact) mass is 210 g/mol. The fraction of sp³-hybridized carbons (Fsp3) is 0.667. The summed E-state index contributed by atoms with van der Waals surface area (Å²) in [5.41, 5.74) is 4.29. The van der Waals surface area contributed by atoms with Crippen LogP contribution in [-0.4, -0.2) is 19.8 Å². The van der Waals surface area contributed by atoms with Crippen molar-refractivity contribution in [3.63, 3.8) is 0 Å². The fourth-order valence-electron chi connectivity index (χ4n) is 0.573. The molecule has 2 heteroatoms. The number of aliphatic hydroxyl groups excluding tert-OH is 1. The summed E-state index contributed by atoms with van der Waals surface area (Å²) in [6.07, 6.45) is 1.82. The van der Waals surface area contributed by atoms with Crippen molar-refractivity contribution in [1.29, 1.82) is 0 Å². The molecule has 0 bridgehead atoms. The van der Waals surface area contributed by atoms with Crippen LogP contribution in [0.5, 0.6) is 0 Å². The van der Waals surface area contributed by atoms with E-state index in [2.05, 4.69) is 45.3 Å². The SMILES string of the molecule is C/C(=C\C#C[Si](C)(C)C(C)(C)C)CO. The van der Waals surface area contributed by atoms with Crippen LogP contribution in [0.1, 0.15) is 27.7 Å². The third kappa shape index (κ3) is 4.12. The summed E-state index contributed by atoms with van der Waals surface area (Å²) < 4.78 is 0. The van der Waals surface area contributed by atoms with E-state index >= 15 is 0 Å². The molecule has 0 aliphatic heterocycles. The molecule has 0 heterocycles. The molecular formula is C12H22OSi. The van der Waals surface area contributed by atoms with Crippen LogP contribution in [-0.2, 0) is 0 Å². The minimum Gasteiger partial charge on any atom is -0.392 e. The molecular weight excluding hydrogens is 188 g/mol. The topological polar surface area (TPSA) is 20.2 Å². The second-order valence-corrected chi connectivity index (χ2v) is 10.3. The molecule has 1 N–H and O–H groups in total. The average molecular weight is 210 g/mol. The Morgan fingerprint density at radius 3 is 2.21 bits per heavy atom. The van der Waals surface area contributed by atoms with Gasteiger partial charge in [0.15, 0.2) is 0 Å². The highest BCUT2D eigenvalue weighted by atomic mass is 28.3. The van der Waals surface area contributed by atoms with Gasteiger partial charge in [0.25, 0.3) is 0 Å². The molecule has 0 aliphatic rings. The van der Waals surface area contributed by atoms with Gasteiger partial charge in [-0.15, -0.1) is 5.54 Å². The standard InChI is InChI=1S/C12H22OSi/c1-11(10-13)8-7-9-14(5,6)12(2,3)4/h8,13H,10H2,1-6H3/b11-8+. The Balaban J connectivity index is 4.67. The summed E-state index contributed by atoms with van der Waals surface area (Å²) in [6, 6.07) is 0. The van der Waals surface area contributed by atoms with Gasteiger partial charge < -0.3 is 5.11 Å². The van der Waals surface area contributed by atoms with Crippen molar-refractivity contribution in [1.82, 2.24) is 0 Å². The molecule has 0 fully saturated rings. The highest BCUT2D eigenvalue weighted by molar-refractivity contribution is 6.87.